The Morgan fingerprint density at radius 2 is 1.75 bits per heavy atom. The summed E-state index contributed by atoms with van der Waals surface area (Å²) in [4.78, 5) is 3.95. The first-order valence-corrected chi connectivity index (χ1v) is 6.97. The van der Waals surface area contributed by atoms with E-state index in [0.717, 1.165) is 12.2 Å². The van der Waals surface area contributed by atoms with Crippen molar-refractivity contribution in [1.29, 1.82) is 0 Å². The lowest BCUT2D eigenvalue weighted by Gasteiger charge is -2.09. The molecule has 0 bridgehead atoms. The average Bonchev–Trinajstić information content (AvgIpc) is 2.39. The largest absolute Gasteiger partial charge is 0.493 e. The van der Waals surface area contributed by atoms with Crippen LogP contribution in [0.1, 0.15) is 17.5 Å². The third-order valence-electron chi connectivity index (χ3n) is 2.74. The molecule has 20 heavy (non-hydrogen) atoms. The molecule has 2 aromatic rings. The van der Waals surface area contributed by atoms with E-state index in [2.05, 4.69) is 24.9 Å². The molecule has 0 radical (unpaired) electrons. The maximum Gasteiger partial charge on any atom is 0.171 e. The summed E-state index contributed by atoms with van der Waals surface area (Å²) >= 11 is 5.90. The van der Waals surface area contributed by atoms with Gasteiger partial charge in [0.2, 0.25) is 0 Å². The number of hydrogen-bond donors (Lipinski definition) is 0. The summed E-state index contributed by atoms with van der Waals surface area (Å²) in [5, 5.41) is 0.391. The number of hydrogen-bond acceptors (Lipinski definition) is 3. The van der Waals surface area contributed by atoms with Gasteiger partial charge in [0.05, 0.1) is 13.2 Å². The summed E-state index contributed by atoms with van der Waals surface area (Å²) in [5.74, 6) is 1.52. The van der Waals surface area contributed by atoms with Gasteiger partial charge in [0, 0.05) is 12.6 Å². The molecular weight excluding hydrogens is 274 g/mol. The van der Waals surface area contributed by atoms with E-state index < -0.39 is 0 Å². The minimum absolute atomic E-state index is 0.391. The van der Waals surface area contributed by atoms with Crippen molar-refractivity contribution in [1.82, 2.24) is 4.98 Å². The van der Waals surface area contributed by atoms with Crippen LogP contribution in [0.5, 0.6) is 11.5 Å². The molecule has 3 nitrogen and oxygen atoms in total. The van der Waals surface area contributed by atoms with E-state index in [0.29, 0.717) is 24.1 Å². The van der Waals surface area contributed by atoms with Crippen LogP contribution in [0.4, 0.5) is 0 Å². The Labute approximate surface area is 124 Å². The second-order valence-corrected chi connectivity index (χ2v) is 5.02. The Bertz CT molecular complexity index is 552. The van der Waals surface area contributed by atoms with Gasteiger partial charge in [-0.3, -0.25) is 0 Å². The van der Waals surface area contributed by atoms with Crippen LogP contribution in [0.2, 0.25) is 5.15 Å². The molecule has 0 aliphatic carbocycles. The number of ether oxygens (including phenoxy) is 2. The summed E-state index contributed by atoms with van der Waals surface area (Å²) in [7, 11) is 0. The summed E-state index contributed by atoms with van der Waals surface area (Å²) in [6.07, 6.45) is 2.43. The lowest BCUT2D eigenvalue weighted by Crippen LogP contribution is -2.05. The van der Waals surface area contributed by atoms with Gasteiger partial charge in [-0.1, -0.05) is 17.7 Å². The highest BCUT2D eigenvalue weighted by Gasteiger charge is 2.01. The van der Waals surface area contributed by atoms with Gasteiger partial charge in [-0.05, 0) is 49.2 Å². The number of aryl methyl sites for hydroxylation is 2. The molecule has 0 saturated heterocycles. The number of nitrogens with zero attached hydrogens (tertiary/aromatic N) is 1. The normalized spacial score (nSPS) is 10.3. The summed E-state index contributed by atoms with van der Waals surface area (Å²) < 4.78 is 11.3. The van der Waals surface area contributed by atoms with Gasteiger partial charge in [0.1, 0.15) is 5.75 Å². The zero-order valence-electron chi connectivity index (χ0n) is 11.7. The molecule has 1 aromatic heterocycles. The van der Waals surface area contributed by atoms with E-state index >= 15 is 0 Å². The molecule has 1 heterocycles. The van der Waals surface area contributed by atoms with Gasteiger partial charge in [0.15, 0.2) is 10.9 Å². The maximum atomic E-state index is 5.90. The minimum Gasteiger partial charge on any atom is -0.493 e. The first-order chi connectivity index (χ1) is 9.65. The molecule has 106 valence electrons. The molecule has 4 heteroatoms. The summed E-state index contributed by atoms with van der Waals surface area (Å²) in [6.45, 7) is 5.29. The highest BCUT2D eigenvalue weighted by atomic mass is 35.5. The number of pyridine rings is 1. The maximum absolute atomic E-state index is 5.90. The smallest absolute Gasteiger partial charge is 0.171 e. The van der Waals surface area contributed by atoms with Crippen molar-refractivity contribution in [2.75, 3.05) is 13.2 Å². The first kappa shape index (κ1) is 14.7. The van der Waals surface area contributed by atoms with Crippen LogP contribution in [0.15, 0.2) is 36.5 Å². The second kappa shape index (κ2) is 7.15. The third kappa shape index (κ3) is 4.42. The Morgan fingerprint density at radius 3 is 2.45 bits per heavy atom. The van der Waals surface area contributed by atoms with Crippen molar-refractivity contribution >= 4 is 11.6 Å². The Morgan fingerprint density at radius 1 is 1.05 bits per heavy atom. The topological polar surface area (TPSA) is 31.4 Å². The first-order valence-electron chi connectivity index (χ1n) is 6.59. The molecule has 0 aliphatic heterocycles. The fraction of sp³-hybridized carbons (Fsp3) is 0.312. The fourth-order valence-electron chi connectivity index (χ4n) is 1.93. The Hall–Kier alpha value is -1.74. The molecule has 1 aromatic carbocycles. The average molecular weight is 292 g/mol. The van der Waals surface area contributed by atoms with Crippen LogP contribution in [0.3, 0.4) is 0 Å². The highest BCUT2D eigenvalue weighted by Crippen LogP contribution is 2.20. The number of halogens is 1. The van der Waals surface area contributed by atoms with Crippen molar-refractivity contribution in [3.63, 3.8) is 0 Å². The van der Waals surface area contributed by atoms with Gasteiger partial charge >= 0.3 is 0 Å². The van der Waals surface area contributed by atoms with Crippen molar-refractivity contribution < 1.29 is 9.47 Å². The zero-order chi connectivity index (χ0) is 14.4. The quantitative estimate of drug-likeness (QED) is 0.590. The molecule has 0 saturated carbocycles. The van der Waals surface area contributed by atoms with Crippen LogP contribution in [0, 0.1) is 13.8 Å². The molecule has 0 amide bonds. The molecule has 0 N–H and O–H groups in total. The van der Waals surface area contributed by atoms with Gasteiger partial charge in [-0.15, -0.1) is 0 Å². The van der Waals surface area contributed by atoms with Gasteiger partial charge < -0.3 is 9.47 Å². The van der Waals surface area contributed by atoms with Crippen LogP contribution >= 0.6 is 11.6 Å². The summed E-state index contributed by atoms with van der Waals surface area (Å²) in [6, 6.07) is 9.80. The number of benzene rings is 1. The van der Waals surface area contributed by atoms with E-state index in [1.54, 1.807) is 18.3 Å². The molecule has 2 rings (SSSR count). The van der Waals surface area contributed by atoms with Gasteiger partial charge in [-0.25, -0.2) is 4.98 Å². The highest BCUT2D eigenvalue weighted by molar-refractivity contribution is 6.30. The SMILES string of the molecule is Cc1cc(C)cc(OCCCOc2cccnc2Cl)c1. The van der Waals surface area contributed by atoms with E-state index in [1.807, 2.05) is 12.1 Å². The lowest BCUT2D eigenvalue weighted by molar-refractivity contribution is 0.247. The van der Waals surface area contributed by atoms with Crippen LogP contribution < -0.4 is 9.47 Å². The third-order valence-corrected chi connectivity index (χ3v) is 3.02. The lowest BCUT2D eigenvalue weighted by atomic mass is 10.1. The standard InChI is InChI=1S/C16H18ClNO2/c1-12-9-13(2)11-14(10-12)19-7-4-8-20-15-5-3-6-18-16(15)17/h3,5-6,9-11H,4,7-8H2,1-2H3. The van der Waals surface area contributed by atoms with E-state index in [-0.39, 0.29) is 0 Å². The molecule has 0 unspecified atom stereocenters. The van der Waals surface area contributed by atoms with Crippen LogP contribution in [-0.2, 0) is 0 Å². The van der Waals surface area contributed by atoms with Crippen molar-refractivity contribution in [2.45, 2.75) is 20.3 Å². The minimum atomic E-state index is 0.391. The predicted octanol–water partition coefficient (Wildman–Crippen LogP) is 4.20. The summed E-state index contributed by atoms with van der Waals surface area (Å²) in [5.41, 5.74) is 2.41. The number of aromatic nitrogens is 1. The van der Waals surface area contributed by atoms with E-state index in [4.69, 9.17) is 21.1 Å². The van der Waals surface area contributed by atoms with Gasteiger partial charge in [0.25, 0.3) is 0 Å². The Balaban J connectivity index is 1.73. The van der Waals surface area contributed by atoms with E-state index in [9.17, 15) is 0 Å². The molecule has 0 aliphatic rings. The zero-order valence-corrected chi connectivity index (χ0v) is 12.5. The van der Waals surface area contributed by atoms with Gasteiger partial charge in [-0.2, -0.15) is 0 Å². The molecule has 0 fully saturated rings. The predicted molar refractivity (Wildman–Crippen MR) is 80.8 cm³/mol. The molecule has 0 atom stereocenters. The monoisotopic (exact) mass is 291 g/mol. The number of rotatable bonds is 6. The van der Waals surface area contributed by atoms with E-state index in [1.165, 1.54) is 11.1 Å². The molecule has 0 spiro atoms. The molecular formula is C16H18ClNO2. The second-order valence-electron chi connectivity index (χ2n) is 4.67. The fourth-order valence-corrected chi connectivity index (χ4v) is 2.10. The van der Waals surface area contributed by atoms with Crippen molar-refractivity contribution in [2.24, 2.45) is 0 Å². The Kier molecular flexibility index (Phi) is 5.24. The van der Waals surface area contributed by atoms with Crippen molar-refractivity contribution in [3.05, 3.63) is 52.8 Å². The van der Waals surface area contributed by atoms with Crippen molar-refractivity contribution in [3.8, 4) is 11.5 Å². The van der Waals surface area contributed by atoms with Crippen LogP contribution in [0.25, 0.3) is 0 Å². The van der Waals surface area contributed by atoms with Crippen LogP contribution in [-0.4, -0.2) is 18.2 Å².